The minimum atomic E-state index is -0.124. The number of nitrogens with zero attached hydrogens (tertiary/aromatic N) is 4. The van der Waals surface area contributed by atoms with Gasteiger partial charge in [-0.1, -0.05) is 54.6 Å². The third kappa shape index (κ3) is 3.94. The monoisotopic (exact) mass is 412 g/mol. The van der Waals surface area contributed by atoms with Gasteiger partial charge < -0.3 is 4.90 Å². The van der Waals surface area contributed by atoms with Crippen LogP contribution in [0, 0.1) is 0 Å². The van der Waals surface area contributed by atoms with E-state index in [0.717, 1.165) is 19.6 Å². The second kappa shape index (κ2) is 8.32. The Balaban J connectivity index is 1.24. The first-order valence-corrected chi connectivity index (χ1v) is 10.6. The number of benzene rings is 3. The topological polar surface area (TPSA) is 58.4 Å². The highest BCUT2D eigenvalue weighted by Crippen LogP contribution is 2.20. The zero-order valence-electron chi connectivity index (χ0n) is 17.3. The van der Waals surface area contributed by atoms with Gasteiger partial charge >= 0.3 is 0 Å². The predicted molar refractivity (Wildman–Crippen MR) is 122 cm³/mol. The van der Waals surface area contributed by atoms with Gasteiger partial charge in [-0.15, -0.1) is 0 Å². The van der Waals surface area contributed by atoms with E-state index in [9.17, 15) is 9.59 Å². The molecular formula is C25H24N4O2. The minimum Gasteiger partial charge on any atom is -0.339 e. The average Bonchev–Trinajstić information content (AvgIpc) is 2.82. The lowest BCUT2D eigenvalue weighted by atomic mass is 10.0. The van der Waals surface area contributed by atoms with Crippen molar-refractivity contribution in [1.82, 2.24) is 19.6 Å². The number of rotatable bonds is 4. The number of fused-ring (bicyclic) bond motifs is 2. The molecule has 5 rings (SSSR count). The van der Waals surface area contributed by atoms with Crippen LogP contribution in [0.4, 0.5) is 0 Å². The third-order valence-electron chi connectivity index (χ3n) is 6.05. The van der Waals surface area contributed by atoms with E-state index in [1.54, 1.807) is 10.7 Å². The van der Waals surface area contributed by atoms with Crippen LogP contribution in [0.3, 0.4) is 0 Å². The van der Waals surface area contributed by atoms with Gasteiger partial charge in [0, 0.05) is 38.1 Å². The lowest BCUT2D eigenvalue weighted by Crippen LogP contribution is -2.49. The van der Waals surface area contributed by atoms with Crippen molar-refractivity contribution < 1.29 is 4.79 Å². The Labute approximate surface area is 180 Å². The van der Waals surface area contributed by atoms with Crippen molar-refractivity contribution in [2.75, 3.05) is 26.2 Å². The molecule has 1 aliphatic heterocycles. The molecule has 0 N–H and O–H groups in total. The molecule has 3 aromatic carbocycles. The molecule has 6 heteroatoms. The van der Waals surface area contributed by atoms with Crippen LogP contribution in [0.1, 0.15) is 5.56 Å². The van der Waals surface area contributed by atoms with E-state index in [1.165, 1.54) is 22.5 Å². The summed E-state index contributed by atoms with van der Waals surface area (Å²) in [6.07, 6.45) is 1.29. The number of hydrogen-bond acceptors (Lipinski definition) is 4. The smallest absolute Gasteiger partial charge is 0.244 e. The first kappa shape index (κ1) is 19.5. The van der Waals surface area contributed by atoms with Gasteiger partial charge in [-0.25, -0.2) is 0 Å². The maximum Gasteiger partial charge on any atom is 0.244 e. The highest BCUT2D eigenvalue weighted by Gasteiger charge is 2.22. The SMILES string of the molecule is O=C(Cn1ncc(=O)c2ccccc21)N1CCN(Cc2cccc3ccccc23)CC1. The molecule has 1 amide bonds. The maximum absolute atomic E-state index is 12.9. The summed E-state index contributed by atoms with van der Waals surface area (Å²) in [5.41, 5.74) is 1.89. The fraction of sp³-hybridized carbons (Fsp3) is 0.240. The van der Waals surface area contributed by atoms with Gasteiger partial charge in [-0.3, -0.25) is 19.2 Å². The number of aromatic nitrogens is 2. The lowest BCUT2D eigenvalue weighted by Gasteiger charge is -2.35. The highest BCUT2D eigenvalue weighted by molar-refractivity contribution is 5.85. The molecule has 4 aromatic rings. The van der Waals surface area contributed by atoms with Crippen molar-refractivity contribution in [3.8, 4) is 0 Å². The van der Waals surface area contributed by atoms with Crippen molar-refractivity contribution in [2.45, 2.75) is 13.1 Å². The van der Waals surface area contributed by atoms with E-state index in [0.29, 0.717) is 24.0 Å². The van der Waals surface area contributed by atoms with Crippen molar-refractivity contribution in [3.63, 3.8) is 0 Å². The van der Waals surface area contributed by atoms with Crippen molar-refractivity contribution in [3.05, 3.63) is 88.7 Å². The Morgan fingerprint density at radius 2 is 1.55 bits per heavy atom. The molecule has 1 aromatic heterocycles. The Morgan fingerprint density at radius 3 is 2.39 bits per heavy atom. The summed E-state index contributed by atoms with van der Waals surface area (Å²) in [5.74, 6) is 0.0334. The van der Waals surface area contributed by atoms with Gasteiger partial charge in [0.05, 0.1) is 11.7 Å². The zero-order chi connectivity index (χ0) is 21.2. The number of amides is 1. The molecule has 1 aliphatic rings. The largest absolute Gasteiger partial charge is 0.339 e. The second-order valence-electron chi connectivity index (χ2n) is 7.98. The van der Waals surface area contributed by atoms with Crippen LogP contribution in [0.2, 0.25) is 0 Å². The van der Waals surface area contributed by atoms with Gasteiger partial charge in [-0.2, -0.15) is 5.10 Å². The van der Waals surface area contributed by atoms with Gasteiger partial charge in [0.25, 0.3) is 0 Å². The fourth-order valence-electron chi connectivity index (χ4n) is 4.34. The number of carbonyl (C=O) groups is 1. The number of para-hydroxylation sites is 1. The van der Waals surface area contributed by atoms with Crippen LogP contribution in [0.5, 0.6) is 0 Å². The standard InChI is InChI=1S/C25H24N4O2/c30-24-16-26-29(23-11-4-3-10-22(23)24)18-25(31)28-14-12-27(13-15-28)17-20-8-5-7-19-6-1-2-9-21(19)20/h1-11,16H,12-15,17-18H2. The van der Waals surface area contributed by atoms with E-state index in [-0.39, 0.29) is 17.9 Å². The summed E-state index contributed by atoms with van der Waals surface area (Å²) in [7, 11) is 0. The highest BCUT2D eigenvalue weighted by atomic mass is 16.2. The predicted octanol–water partition coefficient (Wildman–Crippen LogP) is 2.89. The van der Waals surface area contributed by atoms with Gasteiger partial charge in [0.1, 0.15) is 6.54 Å². The van der Waals surface area contributed by atoms with E-state index >= 15 is 0 Å². The average molecular weight is 412 g/mol. The van der Waals surface area contributed by atoms with Gasteiger partial charge in [0.2, 0.25) is 11.3 Å². The van der Waals surface area contributed by atoms with Crippen LogP contribution in [0.25, 0.3) is 21.7 Å². The summed E-state index contributed by atoms with van der Waals surface area (Å²) in [5, 5.41) is 7.33. The molecule has 0 saturated carbocycles. The summed E-state index contributed by atoms with van der Waals surface area (Å²) in [6.45, 7) is 4.10. The minimum absolute atomic E-state index is 0.0334. The molecule has 0 bridgehead atoms. The quantitative estimate of drug-likeness (QED) is 0.517. The van der Waals surface area contributed by atoms with E-state index in [2.05, 4.69) is 52.5 Å². The maximum atomic E-state index is 12.9. The molecule has 31 heavy (non-hydrogen) atoms. The Bertz CT molecular complexity index is 1300. The molecule has 0 unspecified atom stereocenters. The zero-order valence-corrected chi connectivity index (χ0v) is 17.3. The Hall–Kier alpha value is -3.51. The van der Waals surface area contributed by atoms with Crippen LogP contribution < -0.4 is 5.43 Å². The van der Waals surface area contributed by atoms with Crippen LogP contribution in [0.15, 0.2) is 77.7 Å². The van der Waals surface area contributed by atoms with Crippen molar-refractivity contribution >= 4 is 27.6 Å². The molecular weight excluding hydrogens is 388 g/mol. The van der Waals surface area contributed by atoms with Crippen LogP contribution in [-0.4, -0.2) is 51.7 Å². The first-order valence-electron chi connectivity index (χ1n) is 10.6. The molecule has 0 spiro atoms. The Kier molecular flexibility index (Phi) is 5.22. The number of piperazine rings is 1. The summed E-state index contributed by atoms with van der Waals surface area (Å²) in [4.78, 5) is 29.2. The van der Waals surface area contributed by atoms with E-state index < -0.39 is 0 Å². The normalized spacial score (nSPS) is 14.9. The molecule has 156 valence electrons. The molecule has 0 radical (unpaired) electrons. The van der Waals surface area contributed by atoms with Gasteiger partial charge in [-0.05, 0) is 28.5 Å². The summed E-state index contributed by atoms with van der Waals surface area (Å²) < 4.78 is 1.63. The Morgan fingerprint density at radius 1 is 0.839 bits per heavy atom. The van der Waals surface area contributed by atoms with Crippen molar-refractivity contribution in [2.24, 2.45) is 0 Å². The summed E-state index contributed by atoms with van der Waals surface area (Å²) in [6, 6.07) is 22.2. The third-order valence-corrected chi connectivity index (χ3v) is 6.05. The van der Waals surface area contributed by atoms with Crippen LogP contribution >= 0.6 is 0 Å². The number of carbonyl (C=O) groups excluding carboxylic acids is 1. The molecule has 0 aliphatic carbocycles. The first-order chi connectivity index (χ1) is 15.2. The lowest BCUT2D eigenvalue weighted by molar-refractivity contribution is -0.133. The summed E-state index contributed by atoms with van der Waals surface area (Å²) >= 11 is 0. The molecule has 2 heterocycles. The molecule has 1 saturated heterocycles. The van der Waals surface area contributed by atoms with Gasteiger partial charge in [0.15, 0.2) is 0 Å². The molecule has 1 fully saturated rings. The van der Waals surface area contributed by atoms with Crippen LogP contribution in [-0.2, 0) is 17.9 Å². The second-order valence-corrected chi connectivity index (χ2v) is 7.98. The van der Waals surface area contributed by atoms with E-state index in [4.69, 9.17) is 0 Å². The molecule has 0 atom stereocenters. The molecule has 6 nitrogen and oxygen atoms in total. The number of hydrogen-bond donors (Lipinski definition) is 0. The van der Waals surface area contributed by atoms with E-state index in [1.807, 2.05) is 23.1 Å². The van der Waals surface area contributed by atoms with Crippen molar-refractivity contribution in [1.29, 1.82) is 0 Å². The fourth-order valence-corrected chi connectivity index (χ4v) is 4.34.